The minimum atomic E-state index is 0.615. The van der Waals surface area contributed by atoms with Crippen LogP contribution in [0.1, 0.15) is 19.8 Å². The van der Waals surface area contributed by atoms with Gasteiger partial charge >= 0.3 is 0 Å². The second-order valence-electron chi connectivity index (χ2n) is 1.65. The van der Waals surface area contributed by atoms with E-state index < -0.39 is 0 Å². The minimum Gasteiger partial charge on any atom is -0.380 e. The SMILES string of the molecule is CCCCOCCCl. The normalized spacial score (nSPS) is 9.75. The van der Waals surface area contributed by atoms with Crippen molar-refractivity contribution in [2.45, 2.75) is 19.8 Å². The molecule has 0 heterocycles. The van der Waals surface area contributed by atoms with E-state index in [2.05, 4.69) is 6.92 Å². The van der Waals surface area contributed by atoms with Crippen LogP contribution in [0.2, 0.25) is 0 Å². The second kappa shape index (κ2) is 7.25. The van der Waals surface area contributed by atoms with Crippen LogP contribution >= 0.6 is 11.6 Å². The molecule has 0 aliphatic carbocycles. The number of hydrogen-bond donors (Lipinski definition) is 0. The lowest BCUT2D eigenvalue weighted by atomic mass is 10.4. The van der Waals surface area contributed by atoms with E-state index in [0.717, 1.165) is 13.0 Å². The number of ether oxygens (including phenoxy) is 1. The van der Waals surface area contributed by atoms with Crippen molar-refractivity contribution in [1.82, 2.24) is 0 Å². The quantitative estimate of drug-likeness (QED) is 0.415. The molecule has 8 heavy (non-hydrogen) atoms. The summed E-state index contributed by atoms with van der Waals surface area (Å²) in [5.41, 5.74) is 0. The van der Waals surface area contributed by atoms with Gasteiger partial charge in [-0.1, -0.05) is 13.3 Å². The molecule has 0 spiro atoms. The van der Waals surface area contributed by atoms with Gasteiger partial charge in [-0.3, -0.25) is 0 Å². The lowest BCUT2D eigenvalue weighted by Crippen LogP contribution is -1.96. The van der Waals surface area contributed by atoms with Gasteiger partial charge in [0.25, 0.3) is 0 Å². The van der Waals surface area contributed by atoms with E-state index in [-0.39, 0.29) is 0 Å². The van der Waals surface area contributed by atoms with Crippen molar-refractivity contribution in [3.8, 4) is 0 Å². The molecule has 0 aliphatic rings. The number of halogens is 1. The smallest absolute Gasteiger partial charge is 0.0601 e. The molecule has 0 amide bonds. The van der Waals surface area contributed by atoms with E-state index in [1.54, 1.807) is 0 Å². The first-order valence-corrected chi connectivity index (χ1v) is 3.59. The lowest BCUT2D eigenvalue weighted by Gasteiger charge is -1.96. The van der Waals surface area contributed by atoms with Crippen LogP contribution in [-0.2, 0) is 4.74 Å². The summed E-state index contributed by atoms with van der Waals surface area (Å²) < 4.78 is 5.09. The van der Waals surface area contributed by atoms with Crippen LogP contribution in [0.25, 0.3) is 0 Å². The van der Waals surface area contributed by atoms with Crippen LogP contribution in [-0.4, -0.2) is 19.1 Å². The maximum absolute atomic E-state index is 5.36. The van der Waals surface area contributed by atoms with Crippen molar-refractivity contribution in [3.05, 3.63) is 0 Å². The highest BCUT2D eigenvalue weighted by atomic mass is 35.5. The van der Waals surface area contributed by atoms with Gasteiger partial charge in [-0.15, -0.1) is 11.6 Å². The fourth-order valence-corrected chi connectivity index (χ4v) is 0.512. The Bertz CT molecular complexity index is 33.5. The number of hydrogen-bond acceptors (Lipinski definition) is 1. The van der Waals surface area contributed by atoms with Crippen molar-refractivity contribution in [3.63, 3.8) is 0 Å². The topological polar surface area (TPSA) is 9.23 Å². The second-order valence-corrected chi connectivity index (χ2v) is 2.03. The van der Waals surface area contributed by atoms with Crippen molar-refractivity contribution >= 4 is 11.6 Å². The average molecular weight is 137 g/mol. The molecule has 0 saturated carbocycles. The standard InChI is InChI=1S/C6H13ClO/c1-2-3-5-8-6-4-7/h2-6H2,1H3. The molecule has 2 heteroatoms. The molecule has 0 aliphatic heterocycles. The summed E-state index contributed by atoms with van der Waals surface area (Å²) in [6.45, 7) is 3.70. The van der Waals surface area contributed by atoms with Crippen LogP contribution in [0.15, 0.2) is 0 Å². The van der Waals surface area contributed by atoms with E-state index in [0.29, 0.717) is 12.5 Å². The van der Waals surface area contributed by atoms with Crippen LogP contribution in [0, 0.1) is 0 Å². The van der Waals surface area contributed by atoms with Crippen LogP contribution in [0.3, 0.4) is 0 Å². The molecule has 1 nitrogen and oxygen atoms in total. The summed E-state index contributed by atoms with van der Waals surface area (Å²) in [5, 5.41) is 0. The molecule has 0 aromatic heterocycles. The predicted molar refractivity (Wildman–Crippen MR) is 36.4 cm³/mol. The summed E-state index contributed by atoms with van der Waals surface area (Å²) in [6.07, 6.45) is 2.35. The van der Waals surface area contributed by atoms with Gasteiger partial charge in [0.1, 0.15) is 0 Å². The molecule has 0 bridgehead atoms. The molecular weight excluding hydrogens is 124 g/mol. The van der Waals surface area contributed by atoms with Crippen LogP contribution in [0.4, 0.5) is 0 Å². The molecule has 0 aromatic carbocycles. The molecule has 0 unspecified atom stereocenters. The van der Waals surface area contributed by atoms with Crippen molar-refractivity contribution in [2.24, 2.45) is 0 Å². The Balaban J connectivity index is 2.53. The van der Waals surface area contributed by atoms with Crippen LogP contribution < -0.4 is 0 Å². The lowest BCUT2D eigenvalue weighted by molar-refractivity contribution is 0.146. The third-order valence-corrected chi connectivity index (χ3v) is 1.02. The molecule has 0 rings (SSSR count). The van der Waals surface area contributed by atoms with Gasteiger partial charge < -0.3 is 4.74 Å². The molecule has 0 radical (unpaired) electrons. The number of unbranched alkanes of at least 4 members (excludes halogenated alkanes) is 1. The first-order valence-electron chi connectivity index (χ1n) is 3.05. The molecule has 0 saturated heterocycles. The fraction of sp³-hybridized carbons (Fsp3) is 1.00. The summed E-state index contributed by atoms with van der Waals surface area (Å²) >= 11 is 5.36. The zero-order valence-corrected chi connectivity index (χ0v) is 6.08. The van der Waals surface area contributed by atoms with Gasteiger partial charge in [0.05, 0.1) is 6.61 Å². The Morgan fingerprint density at radius 3 is 2.62 bits per heavy atom. The van der Waals surface area contributed by atoms with Gasteiger partial charge in [0.2, 0.25) is 0 Å². The maximum Gasteiger partial charge on any atom is 0.0601 e. The predicted octanol–water partition coefficient (Wildman–Crippen LogP) is 2.04. The highest BCUT2D eigenvalue weighted by Gasteiger charge is 1.82. The number of rotatable bonds is 5. The van der Waals surface area contributed by atoms with Crippen molar-refractivity contribution < 1.29 is 4.74 Å². The van der Waals surface area contributed by atoms with Gasteiger partial charge in [0, 0.05) is 12.5 Å². The van der Waals surface area contributed by atoms with Gasteiger partial charge in [-0.25, -0.2) is 0 Å². The average Bonchev–Trinajstić information content (AvgIpc) is 1.81. The summed E-state index contributed by atoms with van der Waals surface area (Å²) in [5.74, 6) is 0.615. The zero-order chi connectivity index (χ0) is 6.24. The number of alkyl halides is 1. The van der Waals surface area contributed by atoms with Gasteiger partial charge in [-0.05, 0) is 6.42 Å². The largest absolute Gasteiger partial charge is 0.380 e. The van der Waals surface area contributed by atoms with E-state index in [9.17, 15) is 0 Å². The van der Waals surface area contributed by atoms with E-state index in [1.165, 1.54) is 6.42 Å². The molecule has 0 fully saturated rings. The summed E-state index contributed by atoms with van der Waals surface area (Å²) in [4.78, 5) is 0. The summed E-state index contributed by atoms with van der Waals surface area (Å²) in [7, 11) is 0. The molecular formula is C6H13ClO. The highest BCUT2D eigenvalue weighted by molar-refractivity contribution is 6.17. The van der Waals surface area contributed by atoms with E-state index in [4.69, 9.17) is 16.3 Å². The first-order chi connectivity index (χ1) is 3.91. The third kappa shape index (κ3) is 6.25. The van der Waals surface area contributed by atoms with Crippen LogP contribution in [0.5, 0.6) is 0 Å². The minimum absolute atomic E-state index is 0.615. The first kappa shape index (κ1) is 8.25. The Hall–Kier alpha value is 0.250. The van der Waals surface area contributed by atoms with E-state index in [1.807, 2.05) is 0 Å². The maximum atomic E-state index is 5.36. The zero-order valence-electron chi connectivity index (χ0n) is 5.32. The molecule has 0 atom stereocenters. The Labute approximate surface area is 56.0 Å². The summed E-state index contributed by atoms with van der Waals surface area (Å²) in [6, 6.07) is 0. The van der Waals surface area contributed by atoms with Gasteiger partial charge in [0.15, 0.2) is 0 Å². The Kier molecular flexibility index (Phi) is 7.48. The van der Waals surface area contributed by atoms with E-state index >= 15 is 0 Å². The van der Waals surface area contributed by atoms with Crippen molar-refractivity contribution in [2.75, 3.05) is 19.1 Å². The van der Waals surface area contributed by atoms with Crippen molar-refractivity contribution in [1.29, 1.82) is 0 Å². The highest BCUT2D eigenvalue weighted by Crippen LogP contribution is 1.87. The Morgan fingerprint density at radius 1 is 1.38 bits per heavy atom. The Morgan fingerprint density at radius 2 is 2.12 bits per heavy atom. The molecule has 0 N–H and O–H groups in total. The molecule has 0 aromatic rings. The fourth-order valence-electron chi connectivity index (χ4n) is 0.403. The molecule has 50 valence electrons. The monoisotopic (exact) mass is 136 g/mol. The van der Waals surface area contributed by atoms with Gasteiger partial charge in [-0.2, -0.15) is 0 Å². The third-order valence-electron chi connectivity index (χ3n) is 0.864.